The van der Waals surface area contributed by atoms with Crippen molar-refractivity contribution < 1.29 is 29.3 Å². The van der Waals surface area contributed by atoms with Gasteiger partial charge in [0.2, 0.25) is 0 Å². The van der Waals surface area contributed by atoms with E-state index in [1.54, 1.807) is 14.0 Å². The summed E-state index contributed by atoms with van der Waals surface area (Å²) >= 11 is 0. The molecular formula is C24H36O6. The number of allylic oxidation sites excluding steroid dienone is 1. The highest BCUT2D eigenvalue weighted by atomic mass is 16.7. The summed E-state index contributed by atoms with van der Waals surface area (Å²) in [6, 6.07) is 0. The molecular weight excluding hydrogens is 384 g/mol. The lowest BCUT2D eigenvalue weighted by molar-refractivity contribution is -0.243. The van der Waals surface area contributed by atoms with Gasteiger partial charge in [0.25, 0.3) is 0 Å². The number of ether oxygens (including phenoxy) is 2. The van der Waals surface area contributed by atoms with E-state index in [0.717, 1.165) is 25.7 Å². The lowest BCUT2D eigenvalue weighted by atomic mass is 9.45. The molecule has 2 N–H and O–H groups in total. The number of ketones is 2. The first-order chi connectivity index (χ1) is 14.1. The Bertz CT molecular complexity index is 761. The Labute approximate surface area is 179 Å². The molecule has 0 aromatic heterocycles. The van der Waals surface area contributed by atoms with Crippen molar-refractivity contribution in [1.82, 2.24) is 0 Å². The van der Waals surface area contributed by atoms with Crippen molar-refractivity contribution in [2.75, 3.05) is 13.7 Å². The maximum absolute atomic E-state index is 13.1. The summed E-state index contributed by atoms with van der Waals surface area (Å²) in [7, 11) is 1.54. The highest BCUT2D eigenvalue weighted by Crippen LogP contribution is 2.68. The van der Waals surface area contributed by atoms with Crippen LogP contribution in [0, 0.1) is 28.6 Å². The van der Waals surface area contributed by atoms with Gasteiger partial charge in [0.05, 0.1) is 6.10 Å². The van der Waals surface area contributed by atoms with E-state index in [2.05, 4.69) is 13.8 Å². The van der Waals surface area contributed by atoms with E-state index in [-0.39, 0.29) is 34.7 Å². The molecule has 4 aliphatic carbocycles. The fourth-order valence-electron chi connectivity index (χ4n) is 7.85. The number of hydrogen-bond acceptors (Lipinski definition) is 6. The smallest absolute Gasteiger partial charge is 0.190 e. The number of carbonyl (C=O) groups is 2. The Morgan fingerprint density at radius 1 is 1.27 bits per heavy atom. The van der Waals surface area contributed by atoms with Gasteiger partial charge >= 0.3 is 0 Å². The zero-order valence-corrected chi connectivity index (χ0v) is 18.6. The minimum Gasteiger partial charge on any atom is -0.393 e. The number of hydrogen-bond donors (Lipinski definition) is 2. The zero-order chi connectivity index (χ0) is 21.9. The Balaban J connectivity index is 1.74. The van der Waals surface area contributed by atoms with Crippen LogP contribution in [-0.2, 0) is 19.1 Å². The predicted octanol–water partition coefficient (Wildman–Crippen LogP) is 2.80. The summed E-state index contributed by atoms with van der Waals surface area (Å²) in [5.41, 5.74) is -0.678. The monoisotopic (exact) mass is 420 g/mol. The molecule has 0 aromatic rings. The van der Waals surface area contributed by atoms with Crippen LogP contribution in [0.25, 0.3) is 0 Å². The van der Waals surface area contributed by atoms with Gasteiger partial charge in [0.15, 0.2) is 17.9 Å². The first-order valence-corrected chi connectivity index (χ1v) is 11.4. The third-order valence-corrected chi connectivity index (χ3v) is 9.31. The number of rotatable bonds is 5. The maximum atomic E-state index is 13.1. The fraction of sp³-hybridized carbons (Fsp3) is 0.833. The highest BCUT2D eigenvalue weighted by molar-refractivity contribution is 5.92. The zero-order valence-electron chi connectivity index (χ0n) is 18.6. The first-order valence-electron chi connectivity index (χ1n) is 11.4. The summed E-state index contributed by atoms with van der Waals surface area (Å²) in [6.07, 6.45) is 5.62. The van der Waals surface area contributed by atoms with Crippen LogP contribution in [0.2, 0.25) is 0 Å². The van der Waals surface area contributed by atoms with Gasteiger partial charge in [-0.2, -0.15) is 0 Å². The molecule has 4 rings (SSSR count). The van der Waals surface area contributed by atoms with E-state index in [4.69, 9.17) is 9.47 Å². The van der Waals surface area contributed by atoms with Crippen LogP contribution in [0.15, 0.2) is 11.6 Å². The number of fused-ring (bicyclic) bond motifs is 5. The molecule has 1 unspecified atom stereocenters. The largest absolute Gasteiger partial charge is 0.393 e. The average molecular weight is 421 g/mol. The van der Waals surface area contributed by atoms with Crippen LogP contribution in [-0.4, -0.2) is 53.5 Å². The molecule has 0 aliphatic heterocycles. The Morgan fingerprint density at radius 2 is 2.00 bits per heavy atom. The molecule has 0 bridgehead atoms. The van der Waals surface area contributed by atoms with E-state index < -0.39 is 30.0 Å². The molecule has 0 spiro atoms. The second kappa shape index (κ2) is 7.51. The predicted molar refractivity (Wildman–Crippen MR) is 110 cm³/mol. The molecule has 168 valence electrons. The SMILES string of the molecule is COC(C)O[C@]1(C(=O)CO)CC[C@H]2[C@@H]3CCC4=CC(=O)CC[C@]4(C)[C@H]3[C@@H](O)C[C@@]21C. The highest BCUT2D eigenvalue weighted by Gasteiger charge is 2.69. The molecule has 0 radical (unpaired) electrons. The molecule has 30 heavy (non-hydrogen) atoms. The quantitative estimate of drug-likeness (QED) is 0.665. The van der Waals surface area contributed by atoms with Crippen LogP contribution in [0.5, 0.6) is 0 Å². The van der Waals surface area contributed by atoms with Crippen LogP contribution in [0.1, 0.15) is 65.7 Å². The second-order valence-corrected chi connectivity index (χ2v) is 10.4. The standard InChI is InChI=1S/C24H36O6/c1-14(29-4)30-24(20(28)13-25)10-8-18-17-6-5-15-11-16(26)7-9-22(15,2)21(17)19(27)12-23(18,24)3/h11,14,17-19,21,25,27H,5-10,12-13H2,1-4H3/t14?,17-,18-,19-,21+,22-,23-,24-/m0/s1. The van der Waals surface area contributed by atoms with Crippen LogP contribution >= 0.6 is 0 Å². The summed E-state index contributed by atoms with van der Waals surface area (Å²) < 4.78 is 11.6. The third kappa shape index (κ3) is 2.90. The number of aliphatic hydroxyl groups excluding tert-OH is 2. The van der Waals surface area contributed by atoms with Crippen molar-refractivity contribution in [1.29, 1.82) is 0 Å². The lowest BCUT2D eigenvalue weighted by Crippen LogP contribution is -2.63. The fourth-order valence-corrected chi connectivity index (χ4v) is 7.85. The van der Waals surface area contributed by atoms with Crippen molar-refractivity contribution in [3.8, 4) is 0 Å². The summed E-state index contributed by atoms with van der Waals surface area (Å²) in [4.78, 5) is 25.1. The van der Waals surface area contributed by atoms with Crippen LogP contribution in [0.4, 0.5) is 0 Å². The molecule has 6 heteroatoms. The molecule has 8 atom stereocenters. The molecule has 0 heterocycles. The molecule has 3 saturated carbocycles. The van der Waals surface area contributed by atoms with E-state index in [9.17, 15) is 19.8 Å². The van der Waals surface area contributed by atoms with Gasteiger partial charge in [-0.15, -0.1) is 0 Å². The molecule has 3 fully saturated rings. The summed E-state index contributed by atoms with van der Waals surface area (Å²) in [5.74, 6) is 0.466. The molecule has 6 nitrogen and oxygen atoms in total. The van der Waals surface area contributed by atoms with Gasteiger partial charge in [-0.05, 0) is 74.7 Å². The number of Topliss-reactive ketones (excluding diaryl/α,β-unsaturated/α-hetero) is 1. The lowest BCUT2D eigenvalue weighted by Gasteiger charge is -2.61. The van der Waals surface area contributed by atoms with Crippen LogP contribution in [0.3, 0.4) is 0 Å². The normalized spacial score (nSPS) is 46.5. The van der Waals surface area contributed by atoms with Gasteiger partial charge in [-0.1, -0.05) is 19.4 Å². The van der Waals surface area contributed by atoms with Crippen molar-refractivity contribution in [3.63, 3.8) is 0 Å². The number of carbonyl (C=O) groups excluding carboxylic acids is 2. The Kier molecular flexibility index (Phi) is 5.54. The van der Waals surface area contributed by atoms with E-state index in [1.165, 1.54) is 5.57 Å². The van der Waals surface area contributed by atoms with E-state index >= 15 is 0 Å². The minimum atomic E-state index is -1.15. The van der Waals surface area contributed by atoms with E-state index in [0.29, 0.717) is 19.3 Å². The Morgan fingerprint density at radius 3 is 2.67 bits per heavy atom. The van der Waals surface area contributed by atoms with Crippen molar-refractivity contribution in [3.05, 3.63) is 11.6 Å². The Hall–Kier alpha value is -1.08. The molecule has 0 amide bonds. The van der Waals surface area contributed by atoms with Gasteiger partial charge in [0, 0.05) is 18.9 Å². The molecule has 0 saturated heterocycles. The summed E-state index contributed by atoms with van der Waals surface area (Å²) in [6.45, 7) is 5.48. The van der Waals surface area contributed by atoms with Gasteiger partial charge in [-0.25, -0.2) is 0 Å². The van der Waals surface area contributed by atoms with Gasteiger partial charge < -0.3 is 19.7 Å². The third-order valence-electron chi connectivity index (χ3n) is 9.31. The van der Waals surface area contributed by atoms with Crippen LogP contribution < -0.4 is 0 Å². The summed E-state index contributed by atoms with van der Waals surface area (Å²) in [5, 5.41) is 21.3. The average Bonchev–Trinajstić information content (AvgIpc) is 3.00. The van der Waals surface area contributed by atoms with Gasteiger partial charge in [-0.3, -0.25) is 9.59 Å². The van der Waals surface area contributed by atoms with E-state index in [1.807, 2.05) is 6.08 Å². The second-order valence-electron chi connectivity index (χ2n) is 10.4. The van der Waals surface area contributed by atoms with Crippen molar-refractivity contribution in [2.24, 2.45) is 28.6 Å². The minimum absolute atomic E-state index is 0.0866. The molecule has 4 aliphatic rings. The topological polar surface area (TPSA) is 93.1 Å². The van der Waals surface area contributed by atoms with Crippen molar-refractivity contribution in [2.45, 2.75) is 83.7 Å². The first kappa shape index (κ1) is 22.1. The van der Waals surface area contributed by atoms with Gasteiger partial charge in [0.1, 0.15) is 12.2 Å². The molecule has 0 aromatic carbocycles. The maximum Gasteiger partial charge on any atom is 0.190 e. The number of methoxy groups -OCH3 is 1. The number of aliphatic hydroxyl groups is 2. The van der Waals surface area contributed by atoms with Crippen molar-refractivity contribution >= 4 is 11.6 Å².